The molecule has 0 spiro atoms. The average molecular weight is 974 g/mol. The van der Waals surface area contributed by atoms with E-state index in [1.54, 1.807) is 45.6 Å². The van der Waals surface area contributed by atoms with Crippen molar-refractivity contribution in [3.8, 4) is 16.2 Å². The standard InChI is InChI=1S/C48H53ClN6O10S2/c1-27-37-22-30(10-11-31(37)23-38(50-27)36-12-13-39(56)53-45(36)59)29-14-17-54(18-15-29)47(62)52-33-8-4-6-28(20-33)26-67(63,64)55-19-16-35(24-48(55,2)3)51-34-9-5-7-32(21-34)43-41(49)42(65-25-40(57)58)44(66-43)46(60)61/h4-11,20-22,29,35-36,38,51H,12-19,23-26H2,1-3H3,(H,52,62)(H,57,58)(H,60,61)(H,53,56,59)/t35-,36?,38?/m0/s1. The minimum Gasteiger partial charge on any atom is -0.479 e. The number of piperidine rings is 3. The zero-order chi connectivity index (χ0) is 47.8. The van der Waals surface area contributed by atoms with Gasteiger partial charge >= 0.3 is 18.0 Å². The van der Waals surface area contributed by atoms with E-state index in [1.807, 2.05) is 32.9 Å². The highest BCUT2D eigenvalue weighted by Crippen LogP contribution is 2.46. The molecule has 3 fully saturated rings. The van der Waals surface area contributed by atoms with Gasteiger partial charge in [0.25, 0.3) is 0 Å². The normalized spacial score (nSPS) is 21.2. The molecule has 8 rings (SSSR count). The molecule has 5 N–H and O–H groups in total. The third-order valence-corrected chi connectivity index (χ3v) is 16.8. The number of sulfonamides is 1. The minimum absolute atomic E-state index is 0.00438. The van der Waals surface area contributed by atoms with E-state index in [0.717, 1.165) is 46.7 Å². The second-order valence-electron chi connectivity index (χ2n) is 18.3. The molecule has 4 aliphatic heterocycles. The van der Waals surface area contributed by atoms with Gasteiger partial charge in [0, 0.05) is 54.7 Å². The fourth-order valence-corrected chi connectivity index (χ4v) is 13.3. The smallest absolute Gasteiger partial charge is 0.349 e. The Kier molecular flexibility index (Phi) is 13.8. The van der Waals surface area contributed by atoms with Gasteiger partial charge in [0.15, 0.2) is 17.2 Å². The number of urea groups is 1. The second-order valence-corrected chi connectivity index (χ2v) is 21.6. The largest absolute Gasteiger partial charge is 0.479 e. The summed E-state index contributed by atoms with van der Waals surface area (Å²) in [5.41, 5.74) is 5.94. The maximum atomic E-state index is 14.0. The monoisotopic (exact) mass is 972 g/mol. The number of aliphatic carboxylic acids is 1. The third kappa shape index (κ3) is 10.7. The number of aromatic carboxylic acids is 1. The number of halogens is 1. The quantitative estimate of drug-likeness (QED) is 0.0820. The van der Waals surface area contributed by atoms with Crippen molar-refractivity contribution < 1.29 is 47.3 Å². The number of likely N-dealkylation sites (tertiary alicyclic amines) is 1. The summed E-state index contributed by atoms with van der Waals surface area (Å²) in [6.07, 6.45) is 4.05. The number of aliphatic imine (C=N–C) groups is 1. The molecule has 354 valence electrons. The molecular weight excluding hydrogens is 920 g/mol. The molecular formula is C48H53ClN6O10S2. The molecule has 3 atom stereocenters. The lowest BCUT2D eigenvalue weighted by molar-refractivity contribution is -0.139. The van der Waals surface area contributed by atoms with Crippen LogP contribution in [0.3, 0.4) is 0 Å². The molecule has 5 heterocycles. The number of carbonyl (C=O) groups is 5. The highest BCUT2D eigenvalue weighted by Gasteiger charge is 2.42. The minimum atomic E-state index is -3.79. The van der Waals surface area contributed by atoms with Gasteiger partial charge in [0.05, 0.1) is 22.6 Å². The SMILES string of the molecule is CC1=NC(C2CCC(=O)NC2=O)Cc2ccc(C3CCN(C(=O)Nc4cccc(CS(=O)(=O)N5CC[C@H](Nc6cccc(-c7sc(C(=O)O)c(OCC(=O)O)c7Cl)c6)CC5(C)C)c4)CC3)cc21. The van der Waals surface area contributed by atoms with Gasteiger partial charge in [-0.1, -0.05) is 48.0 Å². The van der Waals surface area contributed by atoms with Gasteiger partial charge in [-0.3, -0.25) is 19.9 Å². The Balaban J connectivity index is 0.839. The zero-order valence-electron chi connectivity index (χ0n) is 37.3. The van der Waals surface area contributed by atoms with Crippen molar-refractivity contribution in [3.05, 3.63) is 98.9 Å². The topological polar surface area (TPSA) is 224 Å². The van der Waals surface area contributed by atoms with Crippen molar-refractivity contribution >= 4 is 79.8 Å². The summed E-state index contributed by atoms with van der Waals surface area (Å²) in [5, 5.41) is 27.7. The number of benzene rings is 3. The first-order valence-electron chi connectivity index (χ1n) is 22.3. The first kappa shape index (κ1) is 47.7. The predicted octanol–water partition coefficient (Wildman–Crippen LogP) is 7.61. The van der Waals surface area contributed by atoms with Gasteiger partial charge in [-0.2, -0.15) is 4.31 Å². The summed E-state index contributed by atoms with van der Waals surface area (Å²) >= 11 is 7.41. The molecule has 0 radical (unpaired) electrons. The summed E-state index contributed by atoms with van der Waals surface area (Å²) in [6, 6.07) is 20.1. The number of carboxylic acid groups (broad SMARTS) is 2. The van der Waals surface area contributed by atoms with Gasteiger partial charge < -0.3 is 30.5 Å². The van der Waals surface area contributed by atoms with Crippen LogP contribution in [0.4, 0.5) is 16.2 Å². The van der Waals surface area contributed by atoms with Crippen LogP contribution in [0.5, 0.6) is 5.75 Å². The van der Waals surface area contributed by atoms with E-state index < -0.39 is 34.1 Å². The van der Waals surface area contributed by atoms with Crippen LogP contribution in [0, 0.1) is 5.92 Å². The fraction of sp³-hybridized carbons (Fsp3) is 0.417. The molecule has 4 amide bonds. The van der Waals surface area contributed by atoms with Crippen LogP contribution in [0.1, 0.15) is 97.1 Å². The molecule has 3 aromatic carbocycles. The zero-order valence-corrected chi connectivity index (χ0v) is 39.7. The number of fused-ring (bicyclic) bond motifs is 1. The number of nitrogens with zero attached hydrogens (tertiary/aromatic N) is 3. The molecule has 0 saturated carbocycles. The van der Waals surface area contributed by atoms with Crippen molar-refractivity contribution in [1.82, 2.24) is 14.5 Å². The Labute approximate surface area is 397 Å². The first-order chi connectivity index (χ1) is 31.8. The van der Waals surface area contributed by atoms with Crippen LogP contribution in [0.15, 0.2) is 71.7 Å². The second kappa shape index (κ2) is 19.4. The van der Waals surface area contributed by atoms with Crippen molar-refractivity contribution in [2.75, 3.05) is 36.9 Å². The summed E-state index contributed by atoms with van der Waals surface area (Å²) in [6.45, 7) is 6.40. The summed E-state index contributed by atoms with van der Waals surface area (Å²) in [5.74, 6) is -3.53. The van der Waals surface area contributed by atoms with Crippen molar-refractivity contribution in [3.63, 3.8) is 0 Å². The number of carboxylic acids is 2. The summed E-state index contributed by atoms with van der Waals surface area (Å²) < 4.78 is 34.9. The molecule has 0 bridgehead atoms. The number of amides is 4. The van der Waals surface area contributed by atoms with E-state index in [9.17, 15) is 37.5 Å². The summed E-state index contributed by atoms with van der Waals surface area (Å²) in [7, 11) is -3.79. The number of nitrogens with one attached hydrogen (secondary N) is 3. The molecule has 67 heavy (non-hydrogen) atoms. The maximum absolute atomic E-state index is 14.0. The van der Waals surface area contributed by atoms with Crippen LogP contribution in [-0.4, -0.2) is 107 Å². The molecule has 1 aromatic heterocycles. The molecule has 19 heteroatoms. The highest BCUT2D eigenvalue weighted by atomic mass is 35.5. The van der Waals surface area contributed by atoms with Gasteiger partial charge in [-0.15, -0.1) is 11.3 Å². The van der Waals surface area contributed by atoms with Crippen molar-refractivity contribution in [2.45, 2.75) is 95.0 Å². The van der Waals surface area contributed by atoms with Crippen LogP contribution < -0.4 is 20.7 Å². The number of hydrogen-bond acceptors (Lipinski definition) is 11. The van der Waals surface area contributed by atoms with Crippen molar-refractivity contribution in [2.24, 2.45) is 10.9 Å². The third-order valence-electron chi connectivity index (χ3n) is 13.1. The number of hydrogen-bond donors (Lipinski definition) is 5. The highest BCUT2D eigenvalue weighted by molar-refractivity contribution is 7.88. The van der Waals surface area contributed by atoms with E-state index in [1.165, 1.54) is 5.56 Å². The molecule has 16 nitrogen and oxygen atoms in total. The molecule has 0 aliphatic carbocycles. The van der Waals surface area contributed by atoms with E-state index in [4.69, 9.17) is 26.4 Å². The Hall–Kier alpha value is -5.82. The fourth-order valence-electron chi connectivity index (χ4n) is 9.90. The van der Waals surface area contributed by atoms with Crippen molar-refractivity contribution in [1.29, 1.82) is 0 Å². The maximum Gasteiger partial charge on any atom is 0.349 e. The Morgan fingerprint density at radius 3 is 2.43 bits per heavy atom. The number of ether oxygens (including phenoxy) is 1. The van der Waals surface area contributed by atoms with E-state index >= 15 is 0 Å². The van der Waals surface area contributed by atoms with E-state index in [2.05, 4.69) is 34.1 Å². The number of carbonyl (C=O) groups excluding carboxylic acids is 3. The lowest BCUT2D eigenvalue weighted by Crippen LogP contribution is -2.55. The van der Waals surface area contributed by atoms with Crippen LogP contribution in [0.2, 0.25) is 5.02 Å². The Morgan fingerprint density at radius 1 is 0.970 bits per heavy atom. The van der Waals surface area contributed by atoms with Crippen LogP contribution in [0.25, 0.3) is 10.4 Å². The van der Waals surface area contributed by atoms with Gasteiger partial charge in [-0.25, -0.2) is 22.8 Å². The number of thiophene rings is 1. The molecule has 4 aliphatic rings. The molecule has 4 aromatic rings. The lowest BCUT2D eigenvalue weighted by atomic mass is 9.81. The predicted molar refractivity (Wildman–Crippen MR) is 256 cm³/mol. The number of rotatable bonds is 13. The average Bonchev–Trinajstić information content (AvgIpc) is 3.61. The van der Waals surface area contributed by atoms with Gasteiger partial charge in [0.1, 0.15) is 5.02 Å². The number of imide groups is 1. The lowest BCUT2D eigenvalue weighted by Gasteiger charge is -2.45. The van der Waals surface area contributed by atoms with E-state index in [-0.39, 0.29) is 69.7 Å². The molecule has 3 saturated heterocycles. The van der Waals surface area contributed by atoms with Crippen LogP contribution >= 0.6 is 22.9 Å². The molecule has 2 unspecified atom stereocenters. The Bertz CT molecular complexity index is 2770. The van der Waals surface area contributed by atoms with Crippen LogP contribution in [-0.2, 0) is 36.6 Å². The van der Waals surface area contributed by atoms with Gasteiger partial charge in [0.2, 0.25) is 21.8 Å². The Morgan fingerprint density at radius 2 is 1.72 bits per heavy atom. The summed E-state index contributed by atoms with van der Waals surface area (Å²) in [4.78, 5) is 67.6. The van der Waals surface area contributed by atoms with Gasteiger partial charge in [-0.05, 0) is 123 Å². The van der Waals surface area contributed by atoms with E-state index in [0.29, 0.717) is 66.9 Å². The number of anilines is 2. The first-order valence-corrected chi connectivity index (χ1v) is 25.1.